The van der Waals surface area contributed by atoms with Crippen molar-refractivity contribution >= 4 is 17.5 Å². The highest BCUT2D eigenvalue weighted by Crippen LogP contribution is 2.21. The van der Waals surface area contributed by atoms with E-state index >= 15 is 0 Å². The summed E-state index contributed by atoms with van der Waals surface area (Å²) in [5.41, 5.74) is 4.78. The fraction of sp³-hybridized carbons (Fsp3) is 0.318. The smallest absolute Gasteiger partial charge is 0.249 e. The van der Waals surface area contributed by atoms with Crippen molar-refractivity contribution in [2.24, 2.45) is 0 Å². The highest BCUT2D eigenvalue weighted by molar-refractivity contribution is 5.59. The van der Waals surface area contributed by atoms with E-state index < -0.39 is 0 Å². The van der Waals surface area contributed by atoms with Crippen LogP contribution in [0.25, 0.3) is 0 Å². The van der Waals surface area contributed by atoms with Gasteiger partial charge in [-0.2, -0.15) is 10.1 Å². The standard InChI is InChI=1S/C22H26N6/c1-17-8-9-20(18(2)14-17)24-22-25-21(15-23-26-22)28-12-10-27(11-13-28)16-19-6-4-3-5-7-19/h3-9,14-15H,10-13,16H2,1-2H3,(H,24,25,26). The van der Waals surface area contributed by atoms with E-state index in [4.69, 9.17) is 0 Å². The molecule has 0 bridgehead atoms. The van der Waals surface area contributed by atoms with Crippen LogP contribution in [0.4, 0.5) is 17.5 Å². The molecule has 1 aliphatic rings. The molecule has 0 unspecified atom stereocenters. The first kappa shape index (κ1) is 18.4. The number of hydrogen-bond acceptors (Lipinski definition) is 6. The molecule has 1 fully saturated rings. The number of benzene rings is 2. The molecule has 0 amide bonds. The third-order valence-corrected chi connectivity index (χ3v) is 5.12. The molecule has 2 heterocycles. The summed E-state index contributed by atoms with van der Waals surface area (Å²) in [4.78, 5) is 9.45. The first-order valence-electron chi connectivity index (χ1n) is 9.72. The number of piperazine rings is 1. The van der Waals surface area contributed by atoms with E-state index in [0.29, 0.717) is 5.95 Å². The van der Waals surface area contributed by atoms with Crippen LogP contribution in [0, 0.1) is 13.8 Å². The Kier molecular flexibility index (Phi) is 5.48. The predicted molar refractivity (Wildman–Crippen MR) is 113 cm³/mol. The first-order valence-corrected chi connectivity index (χ1v) is 9.72. The third-order valence-electron chi connectivity index (χ3n) is 5.12. The van der Waals surface area contributed by atoms with Crippen LogP contribution in [0.1, 0.15) is 16.7 Å². The minimum atomic E-state index is 0.538. The van der Waals surface area contributed by atoms with Gasteiger partial charge in [-0.25, -0.2) is 0 Å². The van der Waals surface area contributed by atoms with Crippen molar-refractivity contribution in [3.05, 3.63) is 71.4 Å². The molecule has 6 nitrogen and oxygen atoms in total. The summed E-state index contributed by atoms with van der Waals surface area (Å²) in [6.45, 7) is 9.07. The van der Waals surface area contributed by atoms with Gasteiger partial charge in [0.1, 0.15) is 0 Å². The second-order valence-corrected chi connectivity index (χ2v) is 7.33. The molecule has 0 atom stereocenters. The van der Waals surface area contributed by atoms with Crippen LogP contribution in [0.5, 0.6) is 0 Å². The van der Waals surface area contributed by atoms with Gasteiger partial charge in [0.15, 0.2) is 5.82 Å². The van der Waals surface area contributed by atoms with Crippen molar-refractivity contribution in [1.82, 2.24) is 20.1 Å². The summed E-state index contributed by atoms with van der Waals surface area (Å²) < 4.78 is 0. The summed E-state index contributed by atoms with van der Waals surface area (Å²) >= 11 is 0. The van der Waals surface area contributed by atoms with Crippen LogP contribution in [0.15, 0.2) is 54.7 Å². The van der Waals surface area contributed by atoms with Gasteiger partial charge in [0.05, 0.1) is 6.20 Å². The number of nitrogens with one attached hydrogen (secondary N) is 1. The molecule has 28 heavy (non-hydrogen) atoms. The van der Waals surface area contributed by atoms with Crippen molar-refractivity contribution in [3.63, 3.8) is 0 Å². The number of hydrogen-bond donors (Lipinski definition) is 1. The molecule has 1 aliphatic heterocycles. The van der Waals surface area contributed by atoms with Gasteiger partial charge in [-0.15, -0.1) is 5.10 Å². The molecule has 0 saturated carbocycles. The maximum Gasteiger partial charge on any atom is 0.249 e. The Morgan fingerprint density at radius 1 is 0.964 bits per heavy atom. The fourth-order valence-electron chi connectivity index (χ4n) is 3.55. The number of aryl methyl sites for hydroxylation is 2. The monoisotopic (exact) mass is 374 g/mol. The van der Waals surface area contributed by atoms with E-state index in [2.05, 4.69) is 92.7 Å². The van der Waals surface area contributed by atoms with Crippen LogP contribution < -0.4 is 10.2 Å². The molecule has 2 aromatic carbocycles. The first-order chi connectivity index (χ1) is 13.7. The zero-order valence-corrected chi connectivity index (χ0v) is 16.5. The number of rotatable bonds is 5. The Hall–Kier alpha value is -2.99. The Morgan fingerprint density at radius 3 is 2.50 bits per heavy atom. The van der Waals surface area contributed by atoms with E-state index in [9.17, 15) is 0 Å². The topological polar surface area (TPSA) is 57.2 Å². The lowest BCUT2D eigenvalue weighted by Gasteiger charge is -2.35. The second-order valence-electron chi connectivity index (χ2n) is 7.33. The number of aromatic nitrogens is 3. The molecule has 0 radical (unpaired) electrons. The molecule has 6 heteroatoms. The Labute approximate surface area is 166 Å². The van der Waals surface area contributed by atoms with Gasteiger partial charge in [0, 0.05) is 38.4 Å². The average Bonchev–Trinajstić information content (AvgIpc) is 2.72. The average molecular weight is 374 g/mol. The molecule has 144 valence electrons. The summed E-state index contributed by atoms with van der Waals surface area (Å²) in [6, 6.07) is 16.9. The maximum atomic E-state index is 4.69. The molecule has 4 rings (SSSR count). The number of anilines is 3. The van der Waals surface area contributed by atoms with Crippen LogP contribution in [-0.4, -0.2) is 46.3 Å². The highest BCUT2D eigenvalue weighted by Gasteiger charge is 2.19. The van der Waals surface area contributed by atoms with E-state index in [1.807, 2.05) is 0 Å². The normalized spacial score (nSPS) is 14.9. The molecule has 1 N–H and O–H groups in total. The van der Waals surface area contributed by atoms with E-state index in [0.717, 1.165) is 44.2 Å². The van der Waals surface area contributed by atoms with Crippen LogP contribution >= 0.6 is 0 Å². The SMILES string of the molecule is Cc1ccc(Nc2nncc(N3CCN(Cc4ccccc4)CC3)n2)c(C)c1. The molecule has 1 aromatic heterocycles. The lowest BCUT2D eigenvalue weighted by Crippen LogP contribution is -2.46. The van der Waals surface area contributed by atoms with Crippen molar-refractivity contribution in [2.75, 3.05) is 36.4 Å². The minimum absolute atomic E-state index is 0.538. The van der Waals surface area contributed by atoms with Crippen molar-refractivity contribution in [1.29, 1.82) is 0 Å². The van der Waals surface area contributed by atoms with Crippen LogP contribution in [0.2, 0.25) is 0 Å². The zero-order chi connectivity index (χ0) is 19.3. The molecular formula is C22H26N6. The van der Waals surface area contributed by atoms with Gasteiger partial charge in [-0.1, -0.05) is 48.0 Å². The number of nitrogens with zero attached hydrogens (tertiary/aromatic N) is 5. The van der Waals surface area contributed by atoms with Crippen molar-refractivity contribution < 1.29 is 0 Å². The second kappa shape index (κ2) is 8.35. The van der Waals surface area contributed by atoms with E-state index in [1.165, 1.54) is 16.7 Å². The van der Waals surface area contributed by atoms with Crippen LogP contribution in [0.3, 0.4) is 0 Å². The zero-order valence-electron chi connectivity index (χ0n) is 16.5. The Bertz CT molecular complexity index is 919. The minimum Gasteiger partial charge on any atom is -0.353 e. The van der Waals surface area contributed by atoms with Gasteiger partial charge in [-0.3, -0.25) is 4.90 Å². The highest BCUT2D eigenvalue weighted by atomic mass is 15.3. The molecular weight excluding hydrogens is 348 g/mol. The van der Waals surface area contributed by atoms with E-state index in [1.54, 1.807) is 6.20 Å². The summed E-state index contributed by atoms with van der Waals surface area (Å²) in [5.74, 6) is 1.41. The lowest BCUT2D eigenvalue weighted by atomic mass is 10.1. The quantitative estimate of drug-likeness (QED) is 0.737. The van der Waals surface area contributed by atoms with Gasteiger partial charge in [0.25, 0.3) is 0 Å². The van der Waals surface area contributed by atoms with Gasteiger partial charge >= 0.3 is 0 Å². The maximum absolute atomic E-state index is 4.69. The predicted octanol–water partition coefficient (Wildman–Crippen LogP) is 3.55. The van der Waals surface area contributed by atoms with Gasteiger partial charge in [0.2, 0.25) is 5.95 Å². The molecule has 0 spiro atoms. The third kappa shape index (κ3) is 4.46. The summed E-state index contributed by atoms with van der Waals surface area (Å²) in [6.07, 6.45) is 1.75. The summed E-state index contributed by atoms with van der Waals surface area (Å²) in [7, 11) is 0. The summed E-state index contributed by atoms with van der Waals surface area (Å²) in [5, 5.41) is 11.6. The van der Waals surface area contributed by atoms with Gasteiger partial charge < -0.3 is 10.2 Å². The van der Waals surface area contributed by atoms with E-state index in [-0.39, 0.29) is 0 Å². The lowest BCUT2D eigenvalue weighted by molar-refractivity contribution is 0.249. The van der Waals surface area contributed by atoms with Crippen LogP contribution in [-0.2, 0) is 6.54 Å². The van der Waals surface area contributed by atoms with Crippen molar-refractivity contribution in [3.8, 4) is 0 Å². The van der Waals surface area contributed by atoms with Gasteiger partial charge in [-0.05, 0) is 31.0 Å². The molecule has 3 aromatic rings. The Morgan fingerprint density at radius 2 is 1.75 bits per heavy atom. The molecule has 1 saturated heterocycles. The van der Waals surface area contributed by atoms with Crippen molar-refractivity contribution in [2.45, 2.75) is 20.4 Å². The molecule has 0 aliphatic carbocycles. The fourth-order valence-corrected chi connectivity index (χ4v) is 3.55. The Balaban J connectivity index is 1.38. The largest absolute Gasteiger partial charge is 0.353 e.